The molecule has 456 valence electrons. The lowest BCUT2D eigenvalue weighted by molar-refractivity contribution is -0.870. The monoisotopic (exact) mass is 1130 g/mol. The molecule has 0 bridgehead atoms. The summed E-state index contributed by atoms with van der Waals surface area (Å²) >= 11 is 0. The fourth-order valence-corrected chi connectivity index (χ4v) is 9.06. The average molecular weight is 1130 g/mol. The van der Waals surface area contributed by atoms with Crippen molar-refractivity contribution in [2.75, 3.05) is 47.5 Å². The second-order valence-electron chi connectivity index (χ2n) is 22.0. The first-order valence-electron chi connectivity index (χ1n) is 31.9. The second kappa shape index (κ2) is 59.8. The van der Waals surface area contributed by atoms with Crippen LogP contribution in [0.4, 0.5) is 0 Å². The molecule has 0 spiro atoms. The van der Waals surface area contributed by atoms with Gasteiger partial charge in [-0.05, 0) is 109 Å². The van der Waals surface area contributed by atoms with Gasteiger partial charge in [-0.2, -0.15) is 0 Å². The van der Waals surface area contributed by atoms with Crippen LogP contribution in [-0.4, -0.2) is 70.0 Å². The molecule has 0 radical (unpaired) electrons. The SMILES string of the molecule is CC/C=C\C/C=C\C/C=C\C/C=C\C/C=C\C/C=C\CCCCCCCCCCCCCCC(=O)OC(COC(=O)CCCCCCCCCCC/C=C\C/C=C\C/C=C\C/C=C\C/C=C\CC)COP(=O)([O-])OCC[N+](C)(C)C. The highest BCUT2D eigenvalue weighted by atomic mass is 31.2. The van der Waals surface area contributed by atoms with Gasteiger partial charge in [0.05, 0.1) is 27.7 Å². The first kappa shape index (κ1) is 76.1. The van der Waals surface area contributed by atoms with E-state index in [9.17, 15) is 19.0 Å². The zero-order valence-corrected chi connectivity index (χ0v) is 52.6. The molecule has 0 aliphatic rings. The number of carbonyl (C=O) groups is 2. The van der Waals surface area contributed by atoms with Crippen LogP contribution in [-0.2, 0) is 32.7 Å². The van der Waals surface area contributed by atoms with Gasteiger partial charge in [-0.25, -0.2) is 0 Å². The van der Waals surface area contributed by atoms with Crippen molar-refractivity contribution in [3.8, 4) is 0 Å². The first-order valence-corrected chi connectivity index (χ1v) is 33.4. The normalized spacial score (nSPS) is 14.1. The quantitative estimate of drug-likeness (QED) is 0.0195. The Morgan fingerprint density at radius 1 is 0.388 bits per heavy atom. The average Bonchev–Trinajstić information content (AvgIpc) is 3.42. The van der Waals surface area contributed by atoms with Crippen LogP contribution >= 0.6 is 7.82 Å². The Morgan fingerprint density at radius 3 is 1.00 bits per heavy atom. The summed E-state index contributed by atoms with van der Waals surface area (Å²) < 4.78 is 34.2. The Bertz CT molecular complexity index is 1810. The van der Waals surface area contributed by atoms with Crippen LogP contribution in [0.2, 0.25) is 0 Å². The number of quaternary nitrogens is 1. The Balaban J connectivity index is 4.15. The molecule has 0 fully saturated rings. The van der Waals surface area contributed by atoms with Crippen LogP contribution < -0.4 is 4.89 Å². The summed E-state index contributed by atoms with van der Waals surface area (Å²) in [6.07, 6.45) is 86.4. The largest absolute Gasteiger partial charge is 0.756 e. The maximum atomic E-state index is 12.8. The Labute approximate surface area is 491 Å². The van der Waals surface area contributed by atoms with Crippen LogP contribution in [0.25, 0.3) is 0 Å². The third-order valence-corrected chi connectivity index (χ3v) is 14.1. The molecule has 80 heavy (non-hydrogen) atoms. The summed E-state index contributed by atoms with van der Waals surface area (Å²) in [4.78, 5) is 38.0. The lowest BCUT2D eigenvalue weighted by atomic mass is 10.0. The molecule has 0 saturated carbocycles. The molecule has 0 aromatic carbocycles. The molecule has 0 aromatic heterocycles. The molecule has 0 N–H and O–H groups in total. The van der Waals surface area contributed by atoms with Crippen LogP contribution in [0, 0.1) is 0 Å². The Hall–Kier alpha value is -3.85. The molecule has 0 amide bonds. The van der Waals surface area contributed by atoms with Crippen LogP contribution in [0.5, 0.6) is 0 Å². The number of phosphoric acid groups is 1. The van der Waals surface area contributed by atoms with E-state index >= 15 is 0 Å². The van der Waals surface area contributed by atoms with E-state index in [4.69, 9.17) is 18.5 Å². The van der Waals surface area contributed by atoms with E-state index in [1.807, 2.05) is 21.1 Å². The Kier molecular flexibility index (Phi) is 56.9. The van der Waals surface area contributed by atoms with Crippen LogP contribution in [0.1, 0.15) is 245 Å². The number of likely N-dealkylation sites (N-methyl/N-ethyl adjacent to an activating group) is 1. The maximum absolute atomic E-state index is 12.8. The molecular weight excluding hydrogens is 1010 g/mol. The van der Waals surface area contributed by atoms with Gasteiger partial charge in [0.2, 0.25) is 0 Å². The summed E-state index contributed by atoms with van der Waals surface area (Å²) in [5.41, 5.74) is 0. The lowest BCUT2D eigenvalue weighted by Crippen LogP contribution is -2.37. The van der Waals surface area contributed by atoms with Gasteiger partial charge < -0.3 is 27.9 Å². The zero-order valence-electron chi connectivity index (χ0n) is 51.7. The van der Waals surface area contributed by atoms with Crippen LogP contribution in [0.15, 0.2) is 134 Å². The van der Waals surface area contributed by atoms with Crippen molar-refractivity contribution < 1.29 is 42.1 Å². The topological polar surface area (TPSA) is 111 Å². The Morgan fingerprint density at radius 2 is 0.675 bits per heavy atom. The highest BCUT2D eigenvalue weighted by molar-refractivity contribution is 7.45. The highest BCUT2D eigenvalue weighted by Crippen LogP contribution is 2.38. The molecule has 9 nitrogen and oxygen atoms in total. The first-order chi connectivity index (χ1) is 39.0. The van der Waals surface area contributed by atoms with Gasteiger partial charge in [0.15, 0.2) is 6.10 Å². The van der Waals surface area contributed by atoms with Crippen molar-refractivity contribution in [2.45, 2.75) is 251 Å². The predicted octanol–water partition coefficient (Wildman–Crippen LogP) is 19.9. The zero-order chi connectivity index (χ0) is 58.4. The predicted molar refractivity (Wildman–Crippen MR) is 341 cm³/mol. The molecular formula is C70H118NO8P. The molecule has 0 saturated heterocycles. The van der Waals surface area contributed by atoms with E-state index in [0.717, 1.165) is 122 Å². The highest BCUT2D eigenvalue weighted by Gasteiger charge is 2.22. The summed E-state index contributed by atoms with van der Waals surface area (Å²) in [6.45, 7) is 4.00. The van der Waals surface area contributed by atoms with Crippen molar-refractivity contribution in [1.29, 1.82) is 0 Å². The van der Waals surface area contributed by atoms with Gasteiger partial charge in [0.25, 0.3) is 7.82 Å². The van der Waals surface area contributed by atoms with Gasteiger partial charge in [-0.1, -0.05) is 257 Å². The fourth-order valence-electron chi connectivity index (χ4n) is 8.33. The number of allylic oxidation sites excluding steroid dienone is 22. The number of rotatable bonds is 57. The van der Waals surface area contributed by atoms with E-state index < -0.39 is 32.5 Å². The second-order valence-corrected chi connectivity index (χ2v) is 23.4. The molecule has 2 atom stereocenters. The van der Waals surface area contributed by atoms with E-state index in [-0.39, 0.29) is 26.1 Å². The minimum Gasteiger partial charge on any atom is -0.756 e. The van der Waals surface area contributed by atoms with Gasteiger partial charge in [-0.15, -0.1) is 0 Å². The van der Waals surface area contributed by atoms with E-state index in [1.54, 1.807) is 0 Å². The van der Waals surface area contributed by atoms with Crippen molar-refractivity contribution >= 4 is 19.8 Å². The van der Waals surface area contributed by atoms with Crippen LogP contribution in [0.3, 0.4) is 0 Å². The van der Waals surface area contributed by atoms with Crippen molar-refractivity contribution in [1.82, 2.24) is 0 Å². The molecule has 0 rings (SSSR count). The van der Waals surface area contributed by atoms with E-state index in [1.165, 1.54) is 89.9 Å². The van der Waals surface area contributed by atoms with E-state index in [2.05, 4.69) is 148 Å². The number of esters is 2. The minimum absolute atomic E-state index is 0.0387. The van der Waals surface area contributed by atoms with Crippen molar-refractivity contribution in [3.05, 3.63) is 134 Å². The molecule has 2 unspecified atom stereocenters. The van der Waals surface area contributed by atoms with Crippen molar-refractivity contribution in [2.24, 2.45) is 0 Å². The third kappa shape index (κ3) is 63.3. The number of nitrogens with zero attached hydrogens (tertiary/aromatic N) is 1. The van der Waals surface area contributed by atoms with Gasteiger partial charge in [0.1, 0.15) is 19.8 Å². The summed E-state index contributed by atoms with van der Waals surface area (Å²) in [5.74, 6) is -0.847. The van der Waals surface area contributed by atoms with Gasteiger partial charge in [-0.3, -0.25) is 14.2 Å². The number of phosphoric ester groups is 1. The smallest absolute Gasteiger partial charge is 0.306 e. The third-order valence-electron chi connectivity index (χ3n) is 13.2. The summed E-state index contributed by atoms with van der Waals surface area (Å²) in [7, 11) is 1.15. The maximum Gasteiger partial charge on any atom is 0.306 e. The number of unbranched alkanes of at least 4 members (excludes halogenated alkanes) is 21. The summed E-state index contributed by atoms with van der Waals surface area (Å²) in [5, 5.41) is 0. The van der Waals surface area contributed by atoms with Gasteiger partial charge >= 0.3 is 11.9 Å². The van der Waals surface area contributed by atoms with Gasteiger partial charge in [0, 0.05) is 12.8 Å². The minimum atomic E-state index is -4.65. The number of ether oxygens (including phenoxy) is 2. The molecule has 0 aromatic rings. The molecule has 0 aliphatic carbocycles. The fraction of sp³-hybridized carbons (Fsp3) is 0.657. The summed E-state index contributed by atoms with van der Waals surface area (Å²) in [6, 6.07) is 0. The number of carbonyl (C=O) groups excluding carboxylic acids is 2. The van der Waals surface area contributed by atoms with E-state index in [0.29, 0.717) is 17.4 Å². The molecule has 0 aliphatic heterocycles. The number of hydrogen-bond acceptors (Lipinski definition) is 8. The standard InChI is InChI=1S/C70H118NO8P/c1-6-8-10-12-14-16-18-20-22-24-26-28-30-32-33-34-35-36-37-39-41-43-45-47-49-51-53-55-57-59-61-63-70(73)79-68(67-78-80(74,75)77-65-64-71(3,4)5)66-76-69(72)62-60-58-56-54-52-50-48-46-44-42-40-38-31-29-27-25-23-21-19-17-15-13-11-9-7-2/h8-11,14-17,20-23,26-29,32-33,35-36,38,40,68H,6-7,12-13,18-19,24-25,30-31,34,37,39,41-67H2,1-5H3/b10-8-,11-9-,16-14-,17-15-,22-20-,23-21-,28-26-,29-27-,33-32-,36-35-,40-38-. The number of hydrogen-bond donors (Lipinski definition) is 0. The van der Waals surface area contributed by atoms with Crippen molar-refractivity contribution in [3.63, 3.8) is 0 Å². The lowest BCUT2D eigenvalue weighted by Gasteiger charge is -2.28. The molecule has 10 heteroatoms. The molecule has 0 heterocycles.